The normalized spacial score (nSPS) is 12.4. The molecule has 0 aromatic heterocycles. The number of carbonyl (C=O) groups excluding carboxylic acids is 3. The Morgan fingerprint density at radius 3 is 2.24 bits per heavy atom. The maximum absolute atomic E-state index is 14.0. The second kappa shape index (κ2) is 14.5. The van der Waals surface area contributed by atoms with Gasteiger partial charge < -0.3 is 35.3 Å². The van der Waals surface area contributed by atoms with E-state index in [4.69, 9.17) is 30.1 Å². The predicted molar refractivity (Wildman–Crippen MR) is 158 cm³/mol. The minimum absolute atomic E-state index is 0.0440. The Kier molecular flexibility index (Phi) is 11.0. The van der Waals surface area contributed by atoms with E-state index in [1.807, 2.05) is 0 Å². The van der Waals surface area contributed by atoms with Crippen molar-refractivity contribution in [1.82, 2.24) is 5.32 Å². The van der Waals surface area contributed by atoms with Gasteiger partial charge in [0.05, 0.1) is 18.3 Å². The number of alkyl halides is 3. The minimum atomic E-state index is -5.51. The Morgan fingerprint density at radius 1 is 0.978 bits per heavy atom. The highest BCUT2D eigenvalue weighted by molar-refractivity contribution is 5.95. The van der Waals surface area contributed by atoms with E-state index in [0.29, 0.717) is 11.3 Å². The van der Waals surface area contributed by atoms with Crippen LogP contribution in [0.5, 0.6) is 17.2 Å². The van der Waals surface area contributed by atoms with Crippen LogP contribution in [-0.2, 0) is 31.5 Å². The molecule has 3 aromatic rings. The molecule has 0 aliphatic rings. The SMILES string of the molecule is CCOc1cc(C(OC(=O)C(F)(F)F)(Oc2ccc(C(=N)N)cc2)C(=O)NCc2cccc(NC(C)=O)c2)ccc1OC(C)C. The van der Waals surface area contributed by atoms with Crippen LogP contribution in [0.15, 0.2) is 66.7 Å². The van der Waals surface area contributed by atoms with Crippen LogP contribution in [0.2, 0.25) is 0 Å². The average molecular weight is 631 g/mol. The smallest absolute Gasteiger partial charge is 0.490 e. The van der Waals surface area contributed by atoms with Gasteiger partial charge in [-0.2, -0.15) is 13.2 Å². The molecule has 5 N–H and O–H groups in total. The van der Waals surface area contributed by atoms with Gasteiger partial charge in [-0.1, -0.05) is 12.1 Å². The molecule has 3 rings (SSSR count). The van der Waals surface area contributed by atoms with Crippen LogP contribution < -0.4 is 30.6 Å². The molecule has 0 saturated heterocycles. The summed E-state index contributed by atoms with van der Waals surface area (Å²) >= 11 is 0. The predicted octanol–water partition coefficient (Wildman–Crippen LogP) is 4.77. The van der Waals surface area contributed by atoms with E-state index >= 15 is 0 Å². The Morgan fingerprint density at radius 2 is 1.67 bits per heavy atom. The fraction of sp³-hybridized carbons (Fsp3) is 0.290. The van der Waals surface area contributed by atoms with Crippen molar-refractivity contribution in [2.75, 3.05) is 11.9 Å². The van der Waals surface area contributed by atoms with Crippen molar-refractivity contribution in [1.29, 1.82) is 5.41 Å². The van der Waals surface area contributed by atoms with Gasteiger partial charge in [0.2, 0.25) is 5.91 Å². The summed E-state index contributed by atoms with van der Waals surface area (Å²) in [6, 6.07) is 15.3. The van der Waals surface area contributed by atoms with Gasteiger partial charge in [0.15, 0.2) is 11.5 Å². The lowest BCUT2D eigenvalue weighted by Crippen LogP contribution is -2.53. The number of hydrogen-bond acceptors (Lipinski definition) is 8. The molecule has 0 aliphatic heterocycles. The topological polar surface area (TPSA) is 162 Å². The largest absolute Gasteiger partial charge is 0.491 e. The first-order chi connectivity index (χ1) is 21.1. The molecule has 11 nitrogen and oxygen atoms in total. The van der Waals surface area contributed by atoms with Gasteiger partial charge >= 0.3 is 23.8 Å². The summed E-state index contributed by atoms with van der Waals surface area (Å²) in [6.07, 6.45) is -5.82. The van der Waals surface area contributed by atoms with Crippen LogP contribution in [0.25, 0.3) is 0 Å². The van der Waals surface area contributed by atoms with Crippen LogP contribution in [0, 0.1) is 5.41 Å². The first kappa shape index (κ1) is 34.2. The van der Waals surface area contributed by atoms with E-state index in [0.717, 1.165) is 0 Å². The average Bonchev–Trinajstić information content (AvgIpc) is 2.96. The maximum Gasteiger partial charge on any atom is 0.491 e. The number of hydrogen-bond donors (Lipinski definition) is 4. The quantitative estimate of drug-likeness (QED) is 0.0909. The lowest BCUT2D eigenvalue weighted by atomic mass is 10.0. The zero-order chi connectivity index (χ0) is 33.4. The van der Waals surface area contributed by atoms with E-state index in [9.17, 15) is 27.6 Å². The lowest BCUT2D eigenvalue weighted by molar-refractivity contribution is -0.241. The monoisotopic (exact) mass is 630 g/mol. The molecule has 1 unspecified atom stereocenters. The molecule has 2 amide bonds. The molecular formula is C31H33F3N4O7. The molecule has 1 atom stereocenters. The van der Waals surface area contributed by atoms with Crippen molar-refractivity contribution in [2.24, 2.45) is 5.73 Å². The summed E-state index contributed by atoms with van der Waals surface area (Å²) in [5.41, 5.74) is 6.29. The summed E-state index contributed by atoms with van der Waals surface area (Å²) in [7, 11) is 0. The standard InChI is InChI=1S/C31H33F3N4O7/c1-5-42-26-16-22(11-14-25(26)43-18(2)3)30(45-29(41)31(32,33)34,44-24-12-9-21(10-13-24)27(35)36)28(40)37-17-20-7-6-8-23(15-20)38-19(4)39/h6-16,18H,5,17H2,1-4H3,(H3,35,36)(H,37,40)(H,38,39). The summed E-state index contributed by atoms with van der Waals surface area (Å²) in [6.45, 7) is 6.33. The number of rotatable bonds is 13. The van der Waals surface area contributed by atoms with Gasteiger partial charge in [0.1, 0.15) is 11.6 Å². The number of esters is 1. The molecule has 0 bridgehead atoms. The third-order valence-electron chi connectivity index (χ3n) is 5.88. The van der Waals surface area contributed by atoms with E-state index in [-0.39, 0.29) is 59.4 Å². The van der Waals surface area contributed by atoms with Gasteiger partial charge in [-0.05, 0) is 80.9 Å². The summed E-state index contributed by atoms with van der Waals surface area (Å²) in [4.78, 5) is 37.9. The Balaban J connectivity index is 2.18. The maximum atomic E-state index is 14.0. The number of carbonyl (C=O) groups is 3. The number of nitrogen functional groups attached to an aromatic ring is 1. The number of nitrogens with one attached hydrogen (secondary N) is 3. The van der Waals surface area contributed by atoms with Crippen molar-refractivity contribution in [2.45, 2.75) is 52.3 Å². The first-order valence-corrected chi connectivity index (χ1v) is 13.7. The van der Waals surface area contributed by atoms with Crippen LogP contribution in [0.3, 0.4) is 0 Å². The molecule has 14 heteroatoms. The van der Waals surface area contributed by atoms with Crippen LogP contribution in [0.4, 0.5) is 18.9 Å². The first-order valence-electron chi connectivity index (χ1n) is 13.7. The number of amides is 2. The third kappa shape index (κ3) is 9.11. The van der Waals surface area contributed by atoms with E-state index in [1.165, 1.54) is 55.5 Å². The van der Waals surface area contributed by atoms with Crippen molar-refractivity contribution in [3.8, 4) is 17.2 Å². The highest BCUT2D eigenvalue weighted by atomic mass is 19.4. The molecule has 240 valence electrons. The molecular weight excluding hydrogens is 597 g/mol. The molecule has 0 saturated carbocycles. The van der Waals surface area contributed by atoms with E-state index in [1.54, 1.807) is 39.0 Å². The number of anilines is 1. The van der Waals surface area contributed by atoms with E-state index in [2.05, 4.69) is 10.6 Å². The molecule has 3 aromatic carbocycles. The summed E-state index contributed by atoms with van der Waals surface area (Å²) < 4.78 is 63.2. The van der Waals surface area contributed by atoms with Crippen LogP contribution >= 0.6 is 0 Å². The van der Waals surface area contributed by atoms with Crippen LogP contribution in [0.1, 0.15) is 44.4 Å². The van der Waals surface area contributed by atoms with Crippen molar-refractivity contribution in [3.63, 3.8) is 0 Å². The van der Waals surface area contributed by atoms with Crippen molar-refractivity contribution < 1.29 is 46.5 Å². The van der Waals surface area contributed by atoms with Gasteiger partial charge in [-0.3, -0.25) is 15.0 Å². The molecule has 45 heavy (non-hydrogen) atoms. The zero-order valence-corrected chi connectivity index (χ0v) is 24.9. The third-order valence-corrected chi connectivity index (χ3v) is 5.88. The highest BCUT2D eigenvalue weighted by Crippen LogP contribution is 2.38. The fourth-order valence-electron chi connectivity index (χ4n) is 4.01. The number of ether oxygens (including phenoxy) is 4. The van der Waals surface area contributed by atoms with Crippen molar-refractivity contribution >= 4 is 29.3 Å². The Labute approximate surface area is 257 Å². The van der Waals surface area contributed by atoms with Gasteiger partial charge in [0.25, 0.3) is 0 Å². The molecule has 0 heterocycles. The van der Waals surface area contributed by atoms with Gasteiger partial charge in [-0.15, -0.1) is 0 Å². The molecule has 0 fully saturated rings. The Bertz CT molecular complexity index is 1540. The Hall–Kier alpha value is -5.27. The summed E-state index contributed by atoms with van der Waals surface area (Å²) in [5, 5.41) is 12.7. The number of amidine groups is 1. The molecule has 0 aliphatic carbocycles. The fourth-order valence-corrected chi connectivity index (χ4v) is 4.01. The van der Waals surface area contributed by atoms with Crippen LogP contribution in [-0.4, -0.2) is 42.5 Å². The van der Waals surface area contributed by atoms with Gasteiger partial charge in [-0.25, -0.2) is 4.79 Å². The lowest BCUT2D eigenvalue weighted by Gasteiger charge is -2.33. The molecule has 0 spiro atoms. The number of nitrogens with two attached hydrogens (primary N) is 1. The zero-order valence-electron chi connectivity index (χ0n) is 24.9. The second-order valence-electron chi connectivity index (χ2n) is 9.87. The van der Waals surface area contributed by atoms with Gasteiger partial charge in [0, 0.05) is 24.7 Å². The van der Waals surface area contributed by atoms with E-state index < -0.39 is 23.8 Å². The second-order valence-corrected chi connectivity index (χ2v) is 9.87. The molecule has 0 radical (unpaired) electrons. The minimum Gasteiger partial charge on any atom is -0.490 e. The number of halogens is 3. The summed E-state index contributed by atoms with van der Waals surface area (Å²) in [5.74, 6) is -7.60. The number of benzene rings is 3. The highest BCUT2D eigenvalue weighted by Gasteiger charge is 2.54. The van der Waals surface area contributed by atoms with Crippen molar-refractivity contribution in [3.05, 3.63) is 83.4 Å².